The van der Waals surface area contributed by atoms with E-state index in [2.05, 4.69) is 25.7 Å². The van der Waals surface area contributed by atoms with Crippen LogP contribution in [0.4, 0.5) is 0 Å². The zero-order valence-corrected chi connectivity index (χ0v) is 12.9. The molecule has 0 aliphatic carbocycles. The highest BCUT2D eigenvalue weighted by atomic mass is 32.1. The normalized spacial score (nSPS) is 22.2. The molecule has 108 valence electrons. The van der Waals surface area contributed by atoms with E-state index in [1.807, 2.05) is 16.3 Å². The van der Waals surface area contributed by atoms with Gasteiger partial charge in [-0.05, 0) is 31.7 Å². The van der Waals surface area contributed by atoms with Gasteiger partial charge in [-0.2, -0.15) is 0 Å². The zero-order chi connectivity index (χ0) is 14.5. The molecule has 1 aromatic heterocycles. The third-order valence-corrected chi connectivity index (χ3v) is 4.54. The van der Waals surface area contributed by atoms with Crippen molar-refractivity contribution in [3.05, 3.63) is 21.9 Å². The minimum Gasteiger partial charge on any atom is -0.395 e. The number of aliphatic hydroxyl groups is 1. The number of nitrogens with zero attached hydrogens (tertiary/aromatic N) is 1. The van der Waals surface area contributed by atoms with E-state index in [4.69, 9.17) is 5.11 Å². The van der Waals surface area contributed by atoms with Crippen LogP contribution < -0.4 is 0 Å². The Morgan fingerprint density at radius 3 is 3.05 bits per heavy atom. The quantitative estimate of drug-likeness (QED) is 0.851. The lowest BCUT2D eigenvalue weighted by Crippen LogP contribution is -2.44. The second-order valence-electron chi connectivity index (χ2n) is 5.45. The Bertz CT molecular complexity index is 526. The molecule has 3 nitrogen and oxygen atoms in total. The summed E-state index contributed by atoms with van der Waals surface area (Å²) in [5.41, 5.74) is 0.740. The SMILES string of the molecule is CC1CCN(C(=O)c2csc(C#CCCO)c2)C(C)C1. The number of aliphatic hydroxyl groups excluding tert-OH is 1. The molecule has 1 N–H and O–H groups in total. The first-order valence-corrected chi connectivity index (χ1v) is 7.99. The molecule has 1 saturated heterocycles. The van der Waals surface area contributed by atoms with Gasteiger partial charge in [0.25, 0.3) is 5.91 Å². The average molecular weight is 291 g/mol. The van der Waals surface area contributed by atoms with Crippen LogP contribution in [0.3, 0.4) is 0 Å². The first-order chi connectivity index (χ1) is 9.61. The highest BCUT2D eigenvalue weighted by Gasteiger charge is 2.27. The van der Waals surface area contributed by atoms with Crippen molar-refractivity contribution in [1.82, 2.24) is 4.90 Å². The summed E-state index contributed by atoms with van der Waals surface area (Å²) in [5, 5.41) is 10.6. The van der Waals surface area contributed by atoms with E-state index >= 15 is 0 Å². The molecule has 2 atom stereocenters. The Hall–Kier alpha value is -1.31. The smallest absolute Gasteiger partial charge is 0.254 e. The summed E-state index contributed by atoms with van der Waals surface area (Å²) in [5.74, 6) is 6.69. The van der Waals surface area contributed by atoms with E-state index in [-0.39, 0.29) is 12.5 Å². The maximum Gasteiger partial charge on any atom is 0.254 e. The van der Waals surface area contributed by atoms with E-state index in [9.17, 15) is 4.79 Å². The fourth-order valence-electron chi connectivity index (χ4n) is 2.59. The van der Waals surface area contributed by atoms with E-state index in [0.29, 0.717) is 18.4 Å². The molecule has 1 aliphatic heterocycles. The van der Waals surface area contributed by atoms with Crippen LogP contribution in [0.2, 0.25) is 0 Å². The van der Waals surface area contributed by atoms with Crippen molar-refractivity contribution in [2.45, 2.75) is 39.2 Å². The van der Waals surface area contributed by atoms with Crippen LogP contribution >= 0.6 is 11.3 Å². The molecule has 0 spiro atoms. The molecule has 2 unspecified atom stereocenters. The minimum absolute atomic E-state index is 0.0770. The van der Waals surface area contributed by atoms with Crippen LogP contribution in [0.25, 0.3) is 0 Å². The molecule has 20 heavy (non-hydrogen) atoms. The Labute approximate surface area is 124 Å². The summed E-state index contributed by atoms with van der Waals surface area (Å²) in [4.78, 5) is 15.4. The highest BCUT2D eigenvalue weighted by molar-refractivity contribution is 7.10. The molecule has 1 fully saturated rings. The summed E-state index contributed by atoms with van der Waals surface area (Å²) in [6.07, 6.45) is 2.64. The molecular weight excluding hydrogens is 270 g/mol. The Morgan fingerprint density at radius 1 is 1.55 bits per heavy atom. The van der Waals surface area contributed by atoms with Gasteiger partial charge in [-0.1, -0.05) is 18.8 Å². The minimum atomic E-state index is 0.0770. The highest BCUT2D eigenvalue weighted by Crippen LogP contribution is 2.25. The third kappa shape index (κ3) is 3.62. The maximum atomic E-state index is 12.5. The van der Waals surface area contributed by atoms with Gasteiger partial charge < -0.3 is 10.0 Å². The number of piperidine rings is 1. The lowest BCUT2D eigenvalue weighted by atomic mass is 9.93. The topological polar surface area (TPSA) is 40.5 Å². The van der Waals surface area contributed by atoms with Crippen LogP contribution in [0.15, 0.2) is 11.4 Å². The molecule has 2 heterocycles. The molecule has 1 amide bonds. The number of hydrogen-bond acceptors (Lipinski definition) is 3. The summed E-state index contributed by atoms with van der Waals surface area (Å²) in [6, 6.07) is 2.18. The van der Waals surface area contributed by atoms with E-state index in [0.717, 1.165) is 29.8 Å². The molecule has 2 rings (SSSR count). The maximum absolute atomic E-state index is 12.5. The summed E-state index contributed by atoms with van der Waals surface area (Å²) >= 11 is 1.49. The molecule has 0 saturated carbocycles. The van der Waals surface area contributed by atoms with Crippen molar-refractivity contribution in [1.29, 1.82) is 0 Å². The van der Waals surface area contributed by atoms with Gasteiger partial charge >= 0.3 is 0 Å². The van der Waals surface area contributed by atoms with Crippen molar-refractivity contribution < 1.29 is 9.90 Å². The summed E-state index contributed by atoms with van der Waals surface area (Å²) in [6.45, 7) is 5.30. The zero-order valence-electron chi connectivity index (χ0n) is 12.1. The molecule has 1 aromatic rings. The number of carbonyl (C=O) groups is 1. The predicted molar refractivity (Wildman–Crippen MR) is 81.8 cm³/mol. The van der Waals surface area contributed by atoms with Crippen molar-refractivity contribution in [3.63, 3.8) is 0 Å². The summed E-state index contributed by atoms with van der Waals surface area (Å²) in [7, 11) is 0. The second kappa shape index (κ2) is 6.92. The van der Waals surface area contributed by atoms with Crippen LogP contribution in [-0.4, -0.2) is 35.1 Å². The average Bonchev–Trinajstić information content (AvgIpc) is 2.87. The van der Waals surface area contributed by atoms with Gasteiger partial charge in [0.05, 0.1) is 17.0 Å². The van der Waals surface area contributed by atoms with Gasteiger partial charge in [-0.25, -0.2) is 0 Å². The number of carbonyl (C=O) groups excluding carboxylic acids is 1. The fourth-order valence-corrected chi connectivity index (χ4v) is 3.34. The number of amides is 1. The molecule has 1 aliphatic rings. The molecule has 0 radical (unpaired) electrons. The number of thiophene rings is 1. The van der Waals surface area contributed by atoms with E-state index < -0.39 is 0 Å². The number of rotatable bonds is 2. The van der Waals surface area contributed by atoms with Crippen LogP contribution in [0, 0.1) is 17.8 Å². The summed E-state index contributed by atoms with van der Waals surface area (Å²) < 4.78 is 0. The Balaban J connectivity index is 2.05. The van der Waals surface area contributed by atoms with Crippen LogP contribution in [0.5, 0.6) is 0 Å². The van der Waals surface area contributed by atoms with Gasteiger partial charge in [0, 0.05) is 24.4 Å². The van der Waals surface area contributed by atoms with Gasteiger partial charge in [0.2, 0.25) is 0 Å². The largest absolute Gasteiger partial charge is 0.395 e. The van der Waals surface area contributed by atoms with Crippen LogP contribution in [0.1, 0.15) is 48.3 Å². The third-order valence-electron chi connectivity index (χ3n) is 3.69. The first-order valence-electron chi connectivity index (χ1n) is 7.11. The monoisotopic (exact) mass is 291 g/mol. The van der Waals surface area contributed by atoms with Gasteiger partial charge in [0.15, 0.2) is 0 Å². The Kier molecular flexibility index (Phi) is 5.22. The Morgan fingerprint density at radius 2 is 2.35 bits per heavy atom. The first kappa shape index (κ1) is 15.1. The molecular formula is C16H21NO2S. The lowest BCUT2D eigenvalue weighted by molar-refractivity contribution is 0.0589. The van der Waals surface area contributed by atoms with Gasteiger partial charge in [-0.3, -0.25) is 4.79 Å². The molecule has 0 aromatic carbocycles. The predicted octanol–water partition coefficient (Wildman–Crippen LogP) is 2.74. The van der Waals surface area contributed by atoms with Crippen molar-refractivity contribution in [3.8, 4) is 11.8 Å². The van der Waals surface area contributed by atoms with E-state index in [1.165, 1.54) is 11.3 Å². The second-order valence-corrected chi connectivity index (χ2v) is 6.36. The standard InChI is InChI=1S/C16H21NO2S/c1-12-6-7-17(13(2)9-12)16(19)14-10-15(20-11-14)5-3-4-8-18/h10-13,18H,4,6-9H2,1-2H3. The molecule has 0 bridgehead atoms. The molecule has 4 heteroatoms. The van der Waals surface area contributed by atoms with Crippen molar-refractivity contribution in [2.24, 2.45) is 5.92 Å². The lowest BCUT2D eigenvalue weighted by Gasteiger charge is -2.36. The van der Waals surface area contributed by atoms with E-state index in [1.54, 1.807) is 0 Å². The number of likely N-dealkylation sites (tertiary alicyclic amines) is 1. The number of hydrogen-bond donors (Lipinski definition) is 1. The van der Waals surface area contributed by atoms with Gasteiger partial charge in [0.1, 0.15) is 0 Å². The fraction of sp³-hybridized carbons (Fsp3) is 0.562. The van der Waals surface area contributed by atoms with Crippen LogP contribution in [-0.2, 0) is 0 Å². The van der Waals surface area contributed by atoms with Gasteiger partial charge in [-0.15, -0.1) is 11.3 Å². The van der Waals surface area contributed by atoms with Crippen molar-refractivity contribution >= 4 is 17.2 Å². The van der Waals surface area contributed by atoms with Crippen molar-refractivity contribution in [2.75, 3.05) is 13.2 Å².